The number of aryl methyl sites for hydroxylation is 1. The van der Waals surface area contributed by atoms with E-state index >= 15 is 0 Å². The Morgan fingerprint density at radius 1 is 1.20 bits per heavy atom. The van der Waals surface area contributed by atoms with Crippen LogP contribution < -0.4 is 10.1 Å². The molecule has 1 N–H and O–H groups in total. The third kappa shape index (κ3) is 1.27. The summed E-state index contributed by atoms with van der Waals surface area (Å²) in [4.78, 5) is 12.1. The van der Waals surface area contributed by atoms with Gasteiger partial charge in [-0.05, 0) is 18.6 Å². The Hall–Kier alpha value is -1.64. The predicted molar refractivity (Wildman–Crippen MR) is 57.7 cm³/mol. The van der Waals surface area contributed by atoms with Crippen LogP contribution in [-0.4, -0.2) is 5.10 Å². The van der Waals surface area contributed by atoms with Gasteiger partial charge in [0.15, 0.2) is 6.54 Å². The van der Waals surface area contributed by atoms with E-state index in [0.29, 0.717) is 0 Å². The number of nitrogens with zero attached hydrogens (tertiary/aromatic N) is 1. The summed E-state index contributed by atoms with van der Waals surface area (Å²) < 4.78 is 2.01. The minimum Gasteiger partial charge on any atom is -0.282 e. The Kier molecular flexibility index (Phi) is 1.84. The third-order valence-electron chi connectivity index (χ3n) is 3.06. The molecule has 0 fully saturated rings. The first-order valence-electron chi connectivity index (χ1n) is 5.40. The standard InChI is InChI=1S/C12H12N2O/c15-12-9-5-1-2-6-10(9)13-14-8-4-3-7-11(12)14/h1-2,5-6H,3-4,7-8H2/p+1. The first-order chi connectivity index (χ1) is 7.36. The number of nitrogens with one attached hydrogen (secondary N) is 1. The minimum atomic E-state index is 0.198. The van der Waals surface area contributed by atoms with Gasteiger partial charge in [0.25, 0.3) is 11.1 Å². The third-order valence-corrected chi connectivity index (χ3v) is 3.06. The number of aromatic nitrogens is 2. The fourth-order valence-electron chi connectivity index (χ4n) is 2.27. The second-order valence-corrected chi connectivity index (χ2v) is 4.04. The number of para-hydroxylation sites is 1. The van der Waals surface area contributed by atoms with E-state index in [4.69, 9.17) is 0 Å². The Morgan fingerprint density at radius 2 is 2.07 bits per heavy atom. The predicted octanol–water partition coefficient (Wildman–Crippen LogP) is 1.15. The van der Waals surface area contributed by atoms with Crippen LogP contribution in [0.1, 0.15) is 18.5 Å². The SMILES string of the molecule is O=c1c2[n+]([nH]c3ccccc13)CCCC2. The molecule has 0 bridgehead atoms. The summed E-state index contributed by atoms with van der Waals surface area (Å²) in [6, 6.07) is 7.72. The first-order valence-corrected chi connectivity index (χ1v) is 5.40. The van der Waals surface area contributed by atoms with Crippen LogP contribution in [0.5, 0.6) is 0 Å². The molecule has 3 rings (SSSR count). The van der Waals surface area contributed by atoms with E-state index in [0.717, 1.165) is 42.4 Å². The van der Waals surface area contributed by atoms with Crippen LogP contribution in [0.4, 0.5) is 0 Å². The van der Waals surface area contributed by atoms with Crippen molar-refractivity contribution in [1.29, 1.82) is 0 Å². The van der Waals surface area contributed by atoms with Crippen LogP contribution in [0.25, 0.3) is 10.9 Å². The smallest absolute Gasteiger partial charge is 0.256 e. The summed E-state index contributed by atoms with van der Waals surface area (Å²) in [5.74, 6) is 0. The number of hydrogen-bond donors (Lipinski definition) is 1. The van der Waals surface area contributed by atoms with Gasteiger partial charge in [-0.1, -0.05) is 12.1 Å². The van der Waals surface area contributed by atoms with Crippen molar-refractivity contribution >= 4 is 10.9 Å². The highest BCUT2D eigenvalue weighted by atomic mass is 16.1. The van der Waals surface area contributed by atoms with Crippen LogP contribution in [0, 0.1) is 0 Å². The van der Waals surface area contributed by atoms with Gasteiger partial charge in [-0.15, -0.1) is 4.68 Å². The lowest BCUT2D eigenvalue weighted by Gasteiger charge is -2.08. The molecule has 3 heteroatoms. The molecule has 2 aromatic rings. The molecule has 3 nitrogen and oxygen atoms in total. The highest BCUT2D eigenvalue weighted by molar-refractivity contribution is 5.77. The van der Waals surface area contributed by atoms with Crippen LogP contribution in [-0.2, 0) is 13.0 Å². The summed E-state index contributed by atoms with van der Waals surface area (Å²) in [5.41, 5.74) is 2.07. The zero-order chi connectivity index (χ0) is 10.3. The number of aromatic amines is 1. The lowest BCUT2D eigenvalue weighted by Crippen LogP contribution is -2.49. The van der Waals surface area contributed by atoms with E-state index in [1.54, 1.807) is 0 Å². The van der Waals surface area contributed by atoms with E-state index in [-0.39, 0.29) is 5.43 Å². The quantitative estimate of drug-likeness (QED) is 0.638. The van der Waals surface area contributed by atoms with Gasteiger partial charge < -0.3 is 0 Å². The second-order valence-electron chi connectivity index (χ2n) is 4.04. The van der Waals surface area contributed by atoms with Crippen molar-refractivity contribution in [2.45, 2.75) is 25.8 Å². The zero-order valence-corrected chi connectivity index (χ0v) is 8.49. The van der Waals surface area contributed by atoms with Gasteiger partial charge in [0.2, 0.25) is 0 Å². The second kappa shape index (κ2) is 3.19. The van der Waals surface area contributed by atoms with Crippen molar-refractivity contribution in [1.82, 2.24) is 5.10 Å². The molecule has 0 atom stereocenters. The van der Waals surface area contributed by atoms with E-state index < -0.39 is 0 Å². The van der Waals surface area contributed by atoms with Crippen molar-refractivity contribution < 1.29 is 4.68 Å². The van der Waals surface area contributed by atoms with E-state index in [9.17, 15) is 4.79 Å². The lowest BCUT2D eigenvalue weighted by atomic mass is 10.1. The molecule has 76 valence electrons. The topological polar surface area (TPSA) is 36.7 Å². The van der Waals surface area contributed by atoms with Crippen molar-refractivity contribution in [2.75, 3.05) is 0 Å². The van der Waals surface area contributed by atoms with Crippen LogP contribution in [0.2, 0.25) is 0 Å². The lowest BCUT2D eigenvalue weighted by molar-refractivity contribution is -0.763. The van der Waals surface area contributed by atoms with E-state index in [2.05, 4.69) is 5.10 Å². The highest BCUT2D eigenvalue weighted by Gasteiger charge is 2.22. The van der Waals surface area contributed by atoms with Gasteiger partial charge >= 0.3 is 0 Å². The van der Waals surface area contributed by atoms with E-state index in [1.165, 1.54) is 0 Å². The fourth-order valence-corrected chi connectivity index (χ4v) is 2.27. The molecule has 2 heterocycles. The summed E-state index contributed by atoms with van der Waals surface area (Å²) in [6.45, 7) is 0.940. The normalized spacial score (nSPS) is 15.2. The first kappa shape index (κ1) is 8.65. The van der Waals surface area contributed by atoms with Gasteiger partial charge in [-0.25, -0.2) is 0 Å². The molecule has 0 amide bonds. The fraction of sp³-hybridized carbons (Fsp3) is 0.333. The average Bonchev–Trinajstić information content (AvgIpc) is 2.30. The maximum Gasteiger partial charge on any atom is 0.256 e. The maximum atomic E-state index is 12.1. The summed E-state index contributed by atoms with van der Waals surface area (Å²) in [5, 5.41) is 4.12. The summed E-state index contributed by atoms with van der Waals surface area (Å²) >= 11 is 0. The Labute approximate surface area is 87.3 Å². The molecule has 15 heavy (non-hydrogen) atoms. The summed E-state index contributed by atoms with van der Waals surface area (Å²) in [7, 11) is 0. The molecular weight excluding hydrogens is 188 g/mol. The molecule has 0 saturated carbocycles. The molecule has 0 saturated heterocycles. The van der Waals surface area contributed by atoms with Crippen LogP contribution in [0.15, 0.2) is 29.1 Å². The maximum absolute atomic E-state index is 12.1. The van der Waals surface area contributed by atoms with Crippen LogP contribution >= 0.6 is 0 Å². The molecule has 1 aliphatic heterocycles. The molecule has 0 spiro atoms. The summed E-state index contributed by atoms with van der Waals surface area (Å²) in [6.07, 6.45) is 3.19. The van der Waals surface area contributed by atoms with Crippen molar-refractivity contribution in [2.24, 2.45) is 0 Å². The number of H-pyrrole nitrogens is 1. The van der Waals surface area contributed by atoms with Crippen molar-refractivity contribution in [3.63, 3.8) is 0 Å². The van der Waals surface area contributed by atoms with Gasteiger partial charge in [-0.2, -0.15) is 5.10 Å². The number of rotatable bonds is 0. The average molecular weight is 201 g/mol. The van der Waals surface area contributed by atoms with E-state index in [1.807, 2.05) is 28.9 Å². The van der Waals surface area contributed by atoms with Crippen LogP contribution in [0.3, 0.4) is 0 Å². The monoisotopic (exact) mass is 201 g/mol. The molecule has 0 aliphatic carbocycles. The van der Waals surface area contributed by atoms with Gasteiger partial charge in [0, 0.05) is 12.8 Å². The molecule has 0 unspecified atom stereocenters. The Balaban J connectivity index is 2.41. The Morgan fingerprint density at radius 3 is 3.00 bits per heavy atom. The van der Waals surface area contributed by atoms with Crippen molar-refractivity contribution in [3.05, 3.63) is 40.2 Å². The molecule has 1 aromatic heterocycles. The minimum absolute atomic E-state index is 0.198. The zero-order valence-electron chi connectivity index (χ0n) is 8.49. The molecule has 1 aliphatic rings. The number of hydrogen-bond acceptors (Lipinski definition) is 1. The molecule has 0 radical (unpaired) electrons. The molecular formula is C12H13N2O+. The number of benzene rings is 1. The van der Waals surface area contributed by atoms with Crippen molar-refractivity contribution in [3.8, 4) is 0 Å². The Bertz CT molecular complexity index is 571. The van der Waals surface area contributed by atoms with Gasteiger partial charge in [-0.3, -0.25) is 4.79 Å². The number of fused-ring (bicyclic) bond motifs is 2. The molecule has 1 aromatic carbocycles. The van der Waals surface area contributed by atoms with Gasteiger partial charge in [0.05, 0.1) is 5.39 Å². The largest absolute Gasteiger partial charge is 0.282 e. The highest BCUT2D eigenvalue weighted by Crippen LogP contribution is 2.08. The van der Waals surface area contributed by atoms with Gasteiger partial charge in [0.1, 0.15) is 5.52 Å².